The molecular weight excluding hydrogens is 320 g/mol. The Balaban J connectivity index is 1.46. The molecule has 26 heavy (non-hydrogen) atoms. The molecule has 1 heterocycles. The van der Waals surface area contributed by atoms with Crippen LogP contribution >= 0.6 is 0 Å². The normalized spacial score (nSPS) is 20.1. The van der Waals surface area contributed by atoms with Crippen molar-refractivity contribution in [3.05, 3.63) is 42.2 Å². The zero-order chi connectivity index (χ0) is 18.2. The van der Waals surface area contributed by atoms with Crippen molar-refractivity contribution in [1.82, 2.24) is 9.97 Å². The van der Waals surface area contributed by atoms with Crippen LogP contribution in [0.2, 0.25) is 0 Å². The fourth-order valence-electron chi connectivity index (χ4n) is 4.05. The minimum Gasteiger partial charge on any atom is -0.497 e. The maximum atomic E-state index is 5.20. The largest absolute Gasteiger partial charge is 0.497 e. The van der Waals surface area contributed by atoms with Gasteiger partial charge in [-0.25, -0.2) is 9.97 Å². The van der Waals surface area contributed by atoms with Crippen LogP contribution in [0.25, 0.3) is 11.4 Å². The summed E-state index contributed by atoms with van der Waals surface area (Å²) in [5, 5.41) is 0. The molecule has 0 spiro atoms. The SMILES string of the molecule is CCCC[C@H]1CC[C@H](CCc2cnc(-c3ccc(OC)cc3)nc2)CC1. The van der Waals surface area contributed by atoms with E-state index in [1.165, 1.54) is 56.9 Å². The molecule has 1 aromatic heterocycles. The van der Waals surface area contributed by atoms with Crippen molar-refractivity contribution in [1.29, 1.82) is 0 Å². The second kappa shape index (κ2) is 9.70. The number of benzene rings is 1. The number of nitrogens with zero attached hydrogens (tertiary/aromatic N) is 2. The molecule has 3 rings (SSSR count). The number of rotatable bonds is 8. The topological polar surface area (TPSA) is 35.0 Å². The molecule has 0 unspecified atom stereocenters. The van der Waals surface area contributed by atoms with Gasteiger partial charge >= 0.3 is 0 Å². The van der Waals surface area contributed by atoms with Crippen LogP contribution in [0.1, 0.15) is 63.9 Å². The minimum absolute atomic E-state index is 0.785. The standard InChI is InChI=1S/C23H32N2O/c1-3-4-5-18-6-8-19(9-7-18)10-11-20-16-24-23(25-17-20)21-12-14-22(26-2)15-13-21/h12-19H,3-11H2,1-2H3/t18-,19-. The van der Waals surface area contributed by atoms with Gasteiger partial charge in [-0.2, -0.15) is 0 Å². The first-order valence-electron chi connectivity index (χ1n) is 10.2. The summed E-state index contributed by atoms with van der Waals surface area (Å²) in [4.78, 5) is 9.12. The van der Waals surface area contributed by atoms with Crippen LogP contribution in [0.15, 0.2) is 36.7 Å². The Morgan fingerprint density at radius 1 is 0.923 bits per heavy atom. The third-order valence-corrected chi connectivity index (χ3v) is 5.83. The van der Waals surface area contributed by atoms with E-state index in [0.29, 0.717) is 0 Å². The van der Waals surface area contributed by atoms with Gasteiger partial charge in [-0.05, 0) is 54.5 Å². The molecule has 1 aliphatic carbocycles. The lowest BCUT2D eigenvalue weighted by Crippen LogP contribution is -2.15. The van der Waals surface area contributed by atoms with Crippen molar-refractivity contribution in [2.45, 2.75) is 64.7 Å². The van der Waals surface area contributed by atoms with E-state index in [-0.39, 0.29) is 0 Å². The maximum Gasteiger partial charge on any atom is 0.159 e. The van der Waals surface area contributed by atoms with E-state index in [4.69, 9.17) is 4.74 Å². The third kappa shape index (κ3) is 5.30. The van der Waals surface area contributed by atoms with Gasteiger partial charge in [-0.15, -0.1) is 0 Å². The highest BCUT2D eigenvalue weighted by Gasteiger charge is 2.20. The van der Waals surface area contributed by atoms with E-state index >= 15 is 0 Å². The predicted molar refractivity (Wildman–Crippen MR) is 107 cm³/mol. The van der Waals surface area contributed by atoms with Gasteiger partial charge in [0.15, 0.2) is 5.82 Å². The number of methoxy groups -OCH3 is 1. The van der Waals surface area contributed by atoms with Crippen molar-refractivity contribution in [3.8, 4) is 17.1 Å². The molecule has 0 amide bonds. The second-order valence-corrected chi connectivity index (χ2v) is 7.71. The number of ether oxygens (including phenoxy) is 1. The highest BCUT2D eigenvalue weighted by Crippen LogP contribution is 2.34. The lowest BCUT2D eigenvalue weighted by Gasteiger charge is -2.28. The third-order valence-electron chi connectivity index (χ3n) is 5.83. The molecule has 1 saturated carbocycles. The Morgan fingerprint density at radius 3 is 2.12 bits per heavy atom. The first-order chi connectivity index (χ1) is 12.8. The summed E-state index contributed by atoms with van der Waals surface area (Å²) >= 11 is 0. The second-order valence-electron chi connectivity index (χ2n) is 7.71. The summed E-state index contributed by atoms with van der Waals surface area (Å²) in [5.41, 5.74) is 2.29. The van der Waals surface area contributed by atoms with Crippen LogP contribution in [0.3, 0.4) is 0 Å². The zero-order valence-electron chi connectivity index (χ0n) is 16.3. The van der Waals surface area contributed by atoms with Gasteiger partial charge in [0.05, 0.1) is 7.11 Å². The highest BCUT2D eigenvalue weighted by molar-refractivity contribution is 5.55. The number of hydrogen-bond acceptors (Lipinski definition) is 3. The van der Waals surface area contributed by atoms with Gasteiger partial charge in [0, 0.05) is 18.0 Å². The predicted octanol–water partition coefficient (Wildman–Crippen LogP) is 6.08. The summed E-state index contributed by atoms with van der Waals surface area (Å²) in [6.07, 6.45) is 16.3. The van der Waals surface area contributed by atoms with E-state index < -0.39 is 0 Å². The lowest BCUT2D eigenvalue weighted by atomic mass is 9.78. The number of aryl methyl sites for hydroxylation is 1. The molecule has 3 heteroatoms. The fourth-order valence-corrected chi connectivity index (χ4v) is 4.05. The molecular formula is C23H32N2O. The van der Waals surface area contributed by atoms with E-state index in [0.717, 1.165) is 35.4 Å². The average molecular weight is 353 g/mol. The zero-order valence-corrected chi connectivity index (χ0v) is 16.3. The van der Waals surface area contributed by atoms with Crippen molar-refractivity contribution in [2.24, 2.45) is 11.8 Å². The molecule has 1 aromatic carbocycles. The lowest BCUT2D eigenvalue weighted by molar-refractivity contribution is 0.250. The summed E-state index contributed by atoms with van der Waals surface area (Å²) in [7, 11) is 1.68. The van der Waals surface area contributed by atoms with Gasteiger partial charge in [-0.3, -0.25) is 0 Å². The molecule has 0 bridgehead atoms. The molecule has 1 aliphatic rings. The van der Waals surface area contributed by atoms with Gasteiger partial charge in [-0.1, -0.05) is 51.9 Å². The van der Waals surface area contributed by atoms with Gasteiger partial charge in [0.2, 0.25) is 0 Å². The molecule has 140 valence electrons. The van der Waals surface area contributed by atoms with Crippen LogP contribution in [-0.4, -0.2) is 17.1 Å². The van der Waals surface area contributed by atoms with Crippen LogP contribution in [-0.2, 0) is 6.42 Å². The van der Waals surface area contributed by atoms with Crippen LogP contribution in [0, 0.1) is 11.8 Å². The van der Waals surface area contributed by atoms with E-state index in [9.17, 15) is 0 Å². The first-order valence-corrected chi connectivity index (χ1v) is 10.2. The molecule has 0 atom stereocenters. The maximum absolute atomic E-state index is 5.20. The summed E-state index contributed by atoms with van der Waals surface area (Å²) < 4.78 is 5.20. The van der Waals surface area contributed by atoms with Crippen molar-refractivity contribution in [2.75, 3.05) is 7.11 Å². The molecule has 3 nitrogen and oxygen atoms in total. The smallest absolute Gasteiger partial charge is 0.159 e. The summed E-state index contributed by atoms with van der Waals surface area (Å²) in [5.74, 6) is 3.54. The van der Waals surface area contributed by atoms with E-state index in [2.05, 4.69) is 16.9 Å². The number of unbranched alkanes of at least 4 members (excludes halogenated alkanes) is 1. The molecule has 0 saturated heterocycles. The Hall–Kier alpha value is -1.90. The summed E-state index contributed by atoms with van der Waals surface area (Å²) in [6, 6.07) is 7.91. The van der Waals surface area contributed by atoms with Crippen LogP contribution in [0.4, 0.5) is 0 Å². The van der Waals surface area contributed by atoms with Gasteiger partial charge in [0.25, 0.3) is 0 Å². The van der Waals surface area contributed by atoms with Crippen molar-refractivity contribution in [3.63, 3.8) is 0 Å². The van der Waals surface area contributed by atoms with Crippen molar-refractivity contribution >= 4 is 0 Å². The van der Waals surface area contributed by atoms with Gasteiger partial charge in [0.1, 0.15) is 5.75 Å². The number of aromatic nitrogens is 2. The first kappa shape index (κ1) is 18.9. The Morgan fingerprint density at radius 2 is 1.54 bits per heavy atom. The fraction of sp³-hybridized carbons (Fsp3) is 0.565. The minimum atomic E-state index is 0.785. The van der Waals surface area contributed by atoms with Crippen LogP contribution < -0.4 is 4.74 Å². The highest BCUT2D eigenvalue weighted by atomic mass is 16.5. The molecule has 0 radical (unpaired) electrons. The number of hydrogen-bond donors (Lipinski definition) is 0. The molecule has 2 aromatic rings. The summed E-state index contributed by atoms with van der Waals surface area (Å²) in [6.45, 7) is 2.30. The average Bonchev–Trinajstić information content (AvgIpc) is 2.72. The quantitative estimate of drug-likeness (QED) is 0.577. The van der Waals surface area contributed by atoms with E-state index in [1.807, 2.05) is 36.7 Å². The Labute approximate surface area is 158 Å². The molecule has 0 aliphatic heterocycles. The van der Waals surface area contributed by atoms with Crippen LogP contribution in [0.5, 0.6) is 5.75 Å². The van der Waals surface area contributed by atoms with E-state index in [1.54, 1.807) is 7.11 Å². The molecule has 0 N–H and O–H groups in total. The molecule has 1 fully saturated rings. The monoisotopic (exact) mass is 352 g/mol. The Bertz CT molecular complexity index is 643. The van der Waals surface area contributed by atoms with Crippen molar-refractivity contribution < 1.29 is 4.74 Å². The Kier molecular flexibility index (Phi) is 7.04. The van der Waals surface area contributed by atoms with Gasteiger partial charge < -0.3 is 4.74 Å².